The van der Waals surface area contributed by atoms with Crippen molar-refractivity contribution in [2.75, 3.05) is 0 Å². The van der Waals surface area contributed by atoms with Crippen LogP contribution in [-0.4, -0.2) is 18.0 Å². The smallest absolute Gasteiger partial charge is 0.237 e. The maximum Gasteiger partial charge on any atom is 0.237 e. The van der Waals surface area contributed by atoms with Crippen LogP contribution in [0, 0.1) is 0 Å². The van der Waals surface area contributed by atoms with Gasteiger partial charge in [-0.25, -0.2) is 0 Å². The van der Waals surface area contributed by atoms with E-state index in [4.69, 9.17) is 5.73 Å². The second kappa shape index (κ2) is 9.59. The lowest BCUT2D eigenvalue weighted by Crippen LogP contribution is -2.47. The molecule has 0 unspecified atom stereocenters. The largest absolute Gasteiger partial charge is 0.352 e. The lowest BCUT2D eigenvalue weighted by atomic mass is 9.81. The van der Waals surface area contributed by atoms with E-state index in [0.717, 1.165) is 31.2 Å². The molecule has 3 nitrogen and oxygen atoms in total. The van der Waals surface area contributed by atoms with Crippen LogP contribution in [0.4, 0.5) is 0 Å². The van der Waals surface area contributed by atoms with Crippen molar-refractivity contribution < 1.29 is 4.79 Å². The predicted octanol–water partition coefficient (Wildman–Crippen LogP) is 3.82. The third-order valence-corrected chi connectivity index (χ3v) is 4.98. The highest BCUT2D eigenvalue weighted by Gasteiger charge is 2.25. The monoisotopic (exact) mass is 358 g/mol. The molecule has 134 valence electrons. The molecule has 0 saturated heterocycles. The van der Waals surface area contributed by atoms with Crippen molar-refractivity contribution in [3.63, 3.8) is 0 Å². The van der Waals surface area contributed by atoms with Gasteiger partial charge in [-0.2, -0.15) is 0 Å². The molecule has 3 N–H and O–H groups in total. The number of halogens is 1. The number of hydrogen-bond donors (Lipinski definition) is 2. The summed E-state index contributed by atoms with van der Waals surface area (Å²) >= 11 is 0. The van der Waals surface area contributed by atoms with E-state index in [1.165, 1.54) is 5.56 Å². The van der Waals surface area contributed by atoms with Gasteiger partial charge in [-0.15, -0.1) is 12.4 Å². The Morgan fingerprint density at radius 3 is 2.12 bits per heavy atom. The van der Waals surface area contributed by atoms with Crippen LogP contribution < -0.4 is 11.1 Å². The first-order valence-electron chi connectivity index (χ1n) is 8.87. The first-order chi connectivity index (χ1) is 11.7. The fourth-order valence-electron chi connectivity index (χ4n) is 3.57. The lowest BCUT2D eigenvalue weighted by Gasteiger charge is -2.30. The third-order valence-electron chi connectivity index (χ3n) is 4.98. The zero-order valence-corrected chi connectivity index (χ0v) is 15.3. The van der Waals surface area contributed by atoms with E-state index in [9.17, 15) is 4.79 Å². The van der Waals surface area contributed by atoms with Crippen molar-refractivity contribution in [1.29, 1.82) is 0 Å². The molecule has 1 aliphatic rings. The van der Waals surface area contributed by atoms with Gasteiger partial charge in [-0.3, -0.25) is 4.79 Å². The highest BCUT2D eigenvalue weighted by atomic mass is 35.5. The number of nitrogens with two attached hydrogens (primary N) is 1. The number of benzene rings is 2. The van der Waals surface area contributed by atoms with E-state index < -0.39 is 6.04 Å². The van der Waals surface area contributed by atoms with Gasteiger partial charge in [-0.05, 0) is 49.1 Å². The second-order valence-electron chi connectivity index (χ2n) is 6.76. The SMILES string of the molecule is Cl.N[C@@H](Cc1ccccc1)C(=O)NC1CCC(c2ccccc2)CC1. The molecular weight excluding hydrogens is 332 g/mol. The Kier molecular flexibility index (Phi) is 7.48. The van der Waals surface area contributed by atoms with Gasteiger partial charge < -0.3 is 11.1 Å². The Bertz CT molecular complexity index is 639. The van der Waals surface area contributed by atoms with Gasteiger partial charge in [0.1, 0.15) is 0 Å². The second-order valence-corrected chi connectivity index (χ2v) is 6.76. The summed E-state index contributed by atoms with van der Waals surface area (Å²) in [7, 11) is 0. The third kappa shape index (κ3) is 5.58. The molecule has 0 aliphatic heterocycles. The fourth-order valence-corrected chi connectivity index (χ4v) is 3.57. The molecule has 3 rings (SSSR count). The molecule has 4 heteroatoms. The highest BCUT2D eigenvalue weighted by molar-refractivity contribution is 5.85. The number of hydrogen-bond acceptors (Lipinski definition) is 2. The summed E-state index contributed by atoms with van der Waals surface area (Å²) < 4.78 is 0. The van der Waals surface area contributed by atoms with Crippen LogP contribution in [0.5, 0.6) is 0 Å². The Balaban J connectivity index is 0.00000225. The van der Waals surface area contributed by atoms with Crippen LogP contribution in [-0.2, 0) is 11.2 Å². The van der Waals surface area contributed by atoms with E-state index in [2.05, 4.69) is 35.6 Å². The summed E-state index contributed by atoms with van der Waals surface area (Å²) in [6.45, 7) is 0. The summed E-state index contributed by atoms with van der Waals surface area (Å²) in [5.74, 6) is 0.597. The number of carbonyl (C=O) groups is 1. The number of nitrogens with one attached hydrogen (secondary N) is 1. The van der Waals surface area contributed by atoms with Crippen molar-refractivity contribution in [2.45, 2.75) is 50.1 Å². The molecule has 1 amide bonds. The van der Waals surface area contributed by atoms with Crippen molar-refractivity contribution in [1.82, 2.24) is 5.32 Å². The van der Waals surface area contributed by atoms with Crippen LogP contribution in [0.15, 0.2) is 60.7 Å². The van der Waals surface area contributed by atoms with Crippen molar-refractivity contribution in [3.8, 4) is 0 Å². The Hall–Kier alpha value is -1.84. The minimum Gasteiger partial charge on any atom is -0.352 e. The summed E-state index contributed by atoms with van der Waals surface area (Å²) in [4.78, 5) is 12.3. The van der Waals surface area contributed by atoms with E-state index in [1.807, 2.05) is 30.3 Å². The van der Waals surface area contributed by atoms with Gasteiger partial charge in [0.25, 0.3) is 0 Å². The number of amides is 1. The van der Waals surface area contributed by atoms with Crippen LogP contribution in [0.3, 0.4) is 0 Å². The van der Waals surface area contributed by atoms with E-state index in [1.54, 1.807) is 0 Å². The molecule has 2 aromatic carbocycles. The summed E-state index contributed by atoms with van der Waals surface area (Å²) in [5, 5.41) is 3.15. The van der Waals surface area contributed by atoms with E-state index >= 15 is 0 Å². The van der Waals surface area contributed by atoms with Gasteiger partial charge >= 0.3 is 0 Å². The predicted molar refractivity (Wildman–Crippen MR) is 105 cm³/mol. The van der Waals surface area contributed by atoms with E-state index in [-0.39, 0.29) is 24.4 Å². The number of carbonyl (C=O) groups excluding carboxylic acids is 1. The molecule has 0 spiro atoms. The Labute approximate surface area is 156 Å². The molecule has 0 aromatic heterocycles. The molecule has 0 bridgehead atoms. The number of rotatable bonds is 5. The topological polar surface area (TPSA) is 55.1 Å². The minimum absolute atomic E-state index is 0. The maximum absolute atomic E-state index is 12.3. The minimum atomic E-state index is -0.473. The van der Waals surface area contributed by atoms with Crippen LogP contribution >= 0.6 is 12.4 Å². The quantitative estimate of drug-likeness (QED) is 0.853. The summed E-state index contributed by atoms with van der Waals surface area (Å²) in [5.41, 5.74) is 8.60. The molecule has 1 saturated carbocycles. The standard InChI is InChI=1S/C21H26N2O.ClH/c22-20(15-16-7-3-1-4-8-16)21(24)23-19-13-11-18(12-14-19)17-9-5-2-6-10-17;/h1-10,18-20H,11-15,22H2,(H,23,24);1H/t18?,19?,20-;/m0./s1. The highest BCUT2D eigenvalue weighted by Crippen LogP contribution is 2.32. The molecule has 0 heterocycles. The molecule has 0 radical (unpaired) electrons. The van der Waals surface area contributed by atoms with Crippen LogP contribution in [0.25, 0.3) is 0 Å². The zero-order chi connectivity index (χ0) is 16.8. The van der Waals surface area contributed by atoms with Crippen LogP contribution in [0.2, 0.25) is 0 Å². The van der Waals surface area contributed by atoms with Gasteiger partial charge in [0.05, 0.1) is 6.04 Å². The van der Waals surface area contributed by atoms with E-state index in [0.29, 0.717) is 12.3 Å². The average Bonchev–Trinajstić information content (AvgIpc) is 2.64. The summed E-state index contributed by atoms with van der Waals surface area (Å²) in [6.07, 6.45) is 4.91. The molecular formula is C21H27ClN2O. The van der Waals surface area contributed by atoms with Crippen molar-refractivity contribution in [2.24, 2.45) is 5.73 Å². The summed E-state index contributed by atoms with van der Waals surface area (Å²) in [6, 6.07) is 20.4. The van der Waals surface area contributed by atoms with Crippen molar-refractivity contribution >= 4 is 18.3 Å². The lowest BCUT2D eigenvalue weighted by molar-refractivity contribution is -0.123. The van der Waals surface area contributed by atoms with Crippen LogP contribution in [0.1, 0.15) is 42.7 Å². The van der Waals surface area contributed by atoms with Crippen molar-refractivity contribution in [3.05, 3.63) is 71.8 Å². The molecule has 1 atom stereocenters. The van der Waals surface area contributed by atoms with Gasteiger partial charge in [-0.1, -0.05) is 60.7 Å². The first-order valence-corrected chi connectivity index (χ1v) is 8.87. The van der Waals surface area contributed by atoms with Gasteiger partial charge in [0.2, 0.25) is 5.91 Å². The van der Waals surface area contributed by atoms with Gasteiger partial charge in [0.15, 0.2) is 0 Å². The molecule has 2 aromatic rings. The van der Waals surface area contributed by atoms with Gasteiger partial charge in [0, 0.05) is 6.04 Å². The first kappa shape index (κ1) is 19.5. The average molecular weight is 359 g/mol. The Morgan fingerprint density at radius 2 is 1.52 bits per heavy atom. The molecule has 25 heavy (non-hydrogen) atoms. The molecule has 1 fully saturated rings. The molecule has 1 aliphatic carbocycles. The Morgan fingerprint density at radius 1 is 0.960 bits per heavy atom. The zero-order valence-electron chi connectivity index (χ0n) is 14.4. The maximum atomic E-state index is 12.3. The fraction of sp³-hybridized carbons (Fsp3) is 0.381. The normalized spacial score (nSPS) is 21.0.